The van der Waals surface area contributed by atoms with E-state index in [2.05, 4.69) is 5.32 Å². The van der Waals surface area contributed by atoms with Crippen LogP contribution in [0.1, 0.15) is 36.0 Å². The minimum absolute atomic E-state index is 0.355. The molecule has 1 fully saturated rings. The summed E-state index contributed by atoms with van der Waals surface area (Å²) < 4.78 is 10.5. The molecule has 1 aromatic rings. The number of hydrogen-bond donors (Lipinski definition) is 1. The van der Waals surface area contributed by atoms with Gasteiger partial charge in [-0.3, -0.25) is 0 Å². The molecule has 0 saturated carbocycles. The molecule has 0 aliphatic carbocycles. The number of methoxy groups -OCH3 is 1. The molecule has 1 aromatic carbocycles. The number of carbonyl (C=O) groups excluding carboxylic acids is 1. The summed E-state index contributed by atoms with van der Waals surface area (Å²) >= 11 is 0. The molecule has 1 heterocycles. The van der Waals surface area contributed by atoms with Gasteiger partial charge < -0.3 is 14.8 Å². The fraction of sp³-hybridized carbons (Fsp3) is 0.533. The Hall–Kier alpha value is -1.55. The lowest BCUT2D eigenvalue weighted by Crippen LogP contribution is -2.35. The lowest BCUT2D eigenvalue weighted by molar-refractivity contribution is 0.0596. The molecule has 4 heteroatoms. The Bertz CT molecular complexity index is 414. The standard InChI is InChI=1S/C15H21NO3/c1-18-15(17)13-7-2-3-8-14(13)19-11-9-12-6-4-5-10-16-12/h2-3,7-8,12,16H,4-6,9-11H2,1H3/t12-/m0/s1. The molecule has 0 bridgehead atoms. The quantitative estimate of drug-likeness (QED) is 0.829. The Morgan fingerprint density at radius 1 is 1.37 bits per heavy atom. The van der Waals surface area contributed by atoms with E-state index in [9.17, 15) is 4.79 Å². The molecule has 0 amide bonds. The summed E-state index contributed by atoms with van der Waals surface area (Å²) in [5.41, 5.74) is 0.488. The molecule has 1 saturated heterocycles. The van der Waals surface area contributed by atoms with Gasteiger partial charge in [-0.2, -0.15) is 0 Å². The van der Waals surface area contributed by atoms with Gasteiger partial charge in [-0.25, -0.2) is 4.79 Å². The topological polar surface area (TPSA) is 47.6 Å². The van der Waals surface area contributed by atoms with Crippen LogP contribution in [0.25, 0.3) is 0 Å². The highest BCUT2D eigenvalue weighted by Gasteiger charge is 2.14. The van der Waals surface area contributed by atoms with Gasteiger partial charge in [0.1, 0.15) is 11.3 Å². The summed E-state index contributed by atoms with van der Waals surface area (Å²) in [6, 6.07) is 7.74. The van der Waals surface area contributed by atoms with E-state index in [1.807, 2.05) is 12.1 Å². The molecule has 104 valence electrons. The predicted molar refractivity (Wildman–Crippen MR) is 73.5 cm³/mol. The highest BCUT2D eigenvalue weighted by Crippen LogP contribution is 2.19. The molecular formula is C15H21NO3. The number of rotatable bonds is 5. The average molecular weight is 263 g/mol. The monoisotopic (exact) mass is 263 g/mol. The van der Waals surface area contributed by atoms with Crippen LogP contribution in [0.5, 0.6) is 5.75 Å². The molecular weight excluding hydrogens is 242 g/mol. The van der Waals surface area contributed by atoms with Crippen LogP contribution >= 0.6 is 0 Å². The summed E-state index contributed by atoms with van der Waals surface area (Å²) in [6.07, 6.45) is 4.73. The second kappa shape index (κ2) is 7.14. The zero-order valence-electron chi connectivity index (χ0n) is 11.4. The number of benzene rings is 1. The van der Waals surface area contributed by atoms with Crippen molar-refractivity contribution in [3.63, 3.8) is 0 Å². The first-order valence-corrected chi connectivity index (χ1v) is 6.85. The zero-order valence-corrected chi connectivity index (χ0v) is 11.4. The van der Waals surface area contributed by atoms with E-state index in [0.29, 0.717) is 24.0 Å². The lowest BCUT2D eigenvalue weighted by Gasteiger charge is -2.23. The maximum absolute atomic E-state index is 11.6. The van der Waals surface area contributed by atoms with Crippen LogP contribution < -0.4 is 10.1 Å². The molecule has 4 nitrogen and oxygen atoms in total. The van der Waals surface area contributed by atoms with Crippen molar-refractivity contribution in [2.45, 2.75) is 31.7 Å². The van der Waals surface area contributed by atoms with Gasteiger partial charge in [0.25, 0.3) is 0 Å². The average Bonchev–Trinajstić information content (AvgIpc) is 2.48. The maximum atomic E-state index is 11.6. The van der Waals surface area contributed by atoms with Crippen molar-refractivity contribution in [3.05, 3.63) is 29.8 Å². The molecule has 1 aliphatic rings. The fourth-order valence-corrected chi connectivity index (χ4v) is 2.35. The molecule has 0 unspecified atom stereocenters. The van der Waals surface area contributed by atoms with Crippen molar-refractivity contribution < 1.29 is 14.3 Å². The first-order chi connectivity index (χ1) is 9.31. The normalized spacial score (nSPS) is 18.9. The van der Waals surface area contributed by atoms with Crippen LogP contribution in [0, 0.1) is 0 Å². The Morgan fingerprint density at radius 3 is 2.95 bits per heavy atom. The van der Waals surface area contributed by atoms with E-state index in [-0.39, 0.29) is 5.97 Å². The van der Waals surface area contributed by atoms with Crippen molar-refractivity contribution >= 4 is 5.97 Å². The first-order valence-electron chi connectivity index (χ1n) is 6.85. The molecule has 0 aromatic heterocycles. The van der Waals surface area contributed by atoms with Crippen LogP contribution in [-0.2, 0) is 4.74 Å². The number of hydrogen-bond acceptors (Lipinski definition) is 4. The van der Waals surface area contributed by atoms with E-state index < -0.39 is 0 Å². The van der Waals surface area contributed by atoms with E-state index in [4.69, 9.17) is 9.47 Å². The minimum atomic E-state index is -0.355. The zero-order chi connectivity index (χ0) is 13.5. The van der Waals surface area contributed by atoms with Crippen LogP contribution in [-0.4, -0.2) is 32.3 Å². The maximum Gasteiger partial charge on any atom is 0.341 e. The highest BCUT2D eigenvalue weighted by atomic mass is 16.5. The first kappa shape index (κ1) is 13.9. The van der Waals surface area contributed by atoms with Gasteiger partial charge in [-0.15, -0.1) is 0 Å². The third-order valence-electron chi connectivity index (χ3n) is 3.43. The molecule has 1 N–H and O–H groups in total. The van der Waals surface area contributed by atoms with E-state index in [0.717, 1.165) is 13.0 Å². The van der Waals surface area contributed by atoms with Crippen LogP contribution in [0.15, 0.2) is 24.3 Å². The van der Waals surface area contributed by atoms with Crippen molar-refractivity contribution in [2.75, 3.05) is 20.3 Å². The number of piperidine rings is 1. The van der Waals surface area contributed by atoms with Gasteiger partial charge >= 0.3 is 5.97 Å². The third kappa shape index (κ3) is 3.96. The van der Waals surface area contributed by atoms with Gasteiger partial charge in [-0.1, -0.05) is 18.6 Å². The van der Waals surface area contributed by atoms with Crippen LogP contribution in [0.2, 0.25) is 0 Å². The van der Waals surface area contributed by atoms with Gasteiger partial charge in [0, 0.05) is 6.04 Å². The lowest BCUT2D eigenvalue weighted by atomic mass is 10.0. The van der Waals surface area contributed by atoms with E-state index in [1.54, 1.807) is 12.1 Å². The number of ether oxygens (including phenoxy) is 2. The molecule has 0 spiro atoms. The minimum Gasteiger partial charge on any atom is -0.493 e. The van der Waals surface area contributed by atoms with Crippen molar-refractivity contribution in [2.24, 2.45) is 0 Å². The summed E-state index contributed by atoms with van der Waals surface area (Å²) in [5, 5.41) is 3.48. The Balaban J connectivity index is 1.86. The van der Waals surface area contributed by atoms with Crippen molar-refractivity contribution in [1.82, 2.24) is 5.32 Å². The highest BCUT2D eigenvalue weighted by molar-refractivity contribution is 5.92. The second-order valence-electron chi connectivity index (χ2n) is 4.77. The molecule has 1 aliphatic heterocycles. The predicted octanol–water partition coefficient (Wildman–Crippen LogP) is 2.38. The van der Waals surface area contributed by atoms with Crippen LogP contribution in [0.3, 0.4) is 0 Å². The smallest absolute Gasteiger partial charge is 0.341 e. The van der Waals surface area contributed by atoms with E-state index >= 15 is 0 Å². The SMILES string of the molecule is COC(=O)c1ccccc1OCC[C@@H]1CCCCN1. The summed E-state index contributed by atoms with van der Waals surface area (Å²) in [5.74, 6) is 0.247. The van der Waals surface area contributed by atoms with Crippen LogP contribution in [0.4, 0.5) is 0 Å². The molecule has 2 rings (SSSR count). The van der Waals surface area contributed by atoms with E-state index in [1.165, 1.54) is 26.4 Å². The van der Waals surface area contributed by atoms with Gasteiger partial charge in [-0.05, 0) is 37.9 Å². The van der Waals surface area contributed by atoms with Gasteiger partial charge in [0.05, 0.1) is 13.7 Å². The number of nitrogens with one attached hydrogen (secondary N) is 1. The van der Waals surface area contributed by atoms with Crippen molar-refractivity contribution in [1.29, 1.82) is 0 Å². The summed E-state index contributed by atoms with van der Waals surface area (Å²) in [6.45, 7) is 1.72. The summed E-state index contributed by atoms with van der Waals surface area (Å²) in [4.78, 5) is 11.6. The number of esters is 1. The van der Waals surface area contributed by atoms with Gasteiger partial charge in [0.15, 0.2) is 0 Å². The number of para-hydroxylation sites is 1. The van der Waals surface area contributed by atoms with Gasteiger partial charge in [0.2, 0.25) is 0 Å². The number of carbonyl (C=O) groups is 1. The Morgan fingerprint density at radius 2 is 2.21 bits per heavy atom. The Kier molecular flexibility index (Phi) is 5.21. The molecule has 19 heavy (non-hydrogen) atoms. The second-order valence-corrected chi connectivity index (χ2v) is 4.77. The molecule has 0 radical (unpaired) electrons. The summed E-state index contributed by atoms with van der Waals surface area (Å²) in [7, 11) is 1.38. The molecule has 1 atom stereocenters. The Labute approximate surface area is 114 Å². The largest absolute Gasteiger partial charge is 0.493 e. The fourth-order valence-electron chi connectivity index (χ4n) is 2.35. The third-order valence-corrected chi connectivity index (χ3v) is 3.43. The van der Waals surface area contributed by atoms with Crippen molar-refractivity contribution in [3.8, 4) is 5.75 Å².